The standard InChI is InChI=1S/3C4H9O.CH3.Ti/c3*1-4(2,3)5;;/h3*1-3H3;1H3;/q4*-1;+4. The summed E-state index contributed by atoms with van der Waals surface area (Å²) in [5.41, 5.74) is -2.25. The van der Waals surface area contributed by atoms with Crippen LogP contribution in [0.2, 0.25) is 0 Å². The van der Waals surface area contributed by atoms with Crippen molar-refractivity contribution in [1.82, 2.24) is 0 Å². The topological polar surface area (TPSA) is 69.2 Å². The van der Waals surface area contributed by atoms with Crippen molar-refractivity contribution in [2.24, 2.45) is 0 Å². The number of rotatable bonds is 0. The zero-order valence-corrected chi connectivity index (χ0v) is 14.8. The van der Waals surface area contributed by atoms with Gasteiger partial charge in [-0.15, -0.1) is 16.8 Å². The van der Waals surface area contributed by atoms with E-state index in [1.165, 1.54) is 0 Å². The van der Waals surface area contributed by atoms with Crippen molar-refractivity contribution >= 4 is 0 Å². The van der Waals surface area contributed by atoms with Crippen molar-refractivity contribution in [3.63, 3.8) is 0 Å². The molecule has 0 bridgehead atoms. The summed E-state index contributed by atoms with van der Waals surface area (Å²) >= 11 is 0. The average Bonchev–Trinajstić information content (AvgIpc) is 1.41. The predicted molar refractivity (Wildman–Crippen MR) is 65.7 cm³/mol. The second-order valence-electron chi connectivity index (χ2n) is 6.34. The van der Waals surface area contributed by atoms with Gasteiger partial charge < -0.3 is 22.7 Å². The summed E-state index contributed by atoms with van der Waals surface area (Å²) < 4.78 is 0. The van der Waals surface area contributed by atoms with Crippen LogP contribution in [0.15, 0.2) is 0 Å². The fourth-order valence-electron chi connectivity index (χ4n) is 0. The molecule has 0 aliphatic carbocycles. The summed E-state index contributed by atoms with van der Waals surface area (Å²) in [7, 11) is 0. The Kier molecular flexibility index (Phi) is 21.0. The van der Waals surface area contributed by atoms with Crippen molar-refractivity contribution in [3.8, 4) is 0 Å². The maximum atomic E-state index is 10.1. The molecule has 17 heavy (non-hydrogen) atoms. The van der Waals surface area contributed by atoms with Crippen molar-refractivity contribution in [1.29, 1.82) is 0 Å². The van der Waals surface area contributed by atoms with E-state index in [0.717, 1.165) is 0 Å². The van der Waals surface area contributed by atoms with E-state index in [-0.39, 0.29) is 29.1 Å². The summed E-state index contributed by atoms with van der Waals surface area (Å²) in [6, 6.07) is 0. The third-order valence-electron chi connectivity index (χ3n) is 0. The van der Waals surface area contributed by atoms with Crippen molar-refractivity contribution in [2.45, 2.75) is 79.1 Å². The fraction of sp³-hybridized carbons (Fsp3) is 0.923. The molecule has 0 aliphatic rings. The van der Waals surface area contributed by atoms with Gasteiger partial charge in [0.05, 0.1) is 0 Å². The Labute approximate surface area is 124 Å². The molecule has 0 unspecified atom stereocenters. The first-order valence-corrected chi connectivity index (χ1v) is 5.11. The molecule has 0 aromatic rings. The molecule has 4 heteroatoms. The maximum Gasteiger partial charge on any atom is 4.00 e. The van der Waals surface area contributed by atoms with Crippen molar-refractivity contribution in [3.05, 3.63) is 7.43 Å². The van der Waals surface area contributed by atoms with E-state index >= 15 is 0 Å². The first-order valence-electron chi connectivity index (χ1n) is 5.11. The van der Waals surface area contributed by atoms with Crippen LogP contribution in [0.5, 0.6) is 0 Å². The molecule has 0 fully saturated rings. The molecule has 0 atom stereocenters. The third-order valence-corrected chi connectivity index (χ3v) is 0. The van der Waals surface area contributed by atoms with Crippen LogP contribution < -0.4 is 15.3 Å². The minimum atomic E-state index is -0.750. The molecule has 0 rings (SSSR count). The first kappa shape index (κ1) is 30.5. The van der Waals surface area contributed by atoms with E-state index in [0.29, 0.717) is 0 Å². The summed E-state index contributed by atoms with van der Waals surface area (Å²) in [5.74, 6) is 0. The van der Waals surface area contributed by atoms with Gasteiger partial charge in [0, 0.05) is 0 Å². The van der Waals surface area contributed by atoms with Crippen LogP contribution in [-0.2, 0) is 21.7 Å². The Morgan fingerprint density at radius 3 is 0.471 bits per heavy atom. The van der Waals surface area contributed by atoms with Crippen molar-refractivity contribution < 1.29 is 37.0 Å². The Hall–Kier alpha value is 0.594. The van der Waals surface area contributed by atoms with Gasteiger partial charge in [-0.05, 0) is 0 Å². The maximum absolute atomic E-state index is 10.1. The zero-order chi connectivity index (χ0) is 13.5. The number of hydrogen-bond acceptors (Lipinski definition) is 3. The van der Waals surface area contributed by atoms with Gasteiger partial charge in [-0.2, -0.15) is 0 Å². The zero-order valence-electron chi connectivity index (χ0n) is 13.2. The first-order chi connectivity index (χ1) is 6.00. The molecule has 0 heterocycles. The summed E-state index contributed by atoms with van der Waals surface area (Å²) in [6.45, 7) is 14.7. The van der Waals surface area contributed by atoms with Gasteiger partial charge in [0.2, 0.25) is 0 Å². The molecule has 0 aromatic carbocycles. The van der Waals surface area contributed by atoms with Crippen LogP contribution in [0.3, 0.4) is 0 Å². The SMILES string of the molecule is CC(C)(C)[O-].CC(C)(C)[O-].CC(C)(C)[O-].[CH3-].[Ti+4]. The average molecular weight is 282 g/mol. The third kappa shape index (κ3) is 10000. The van der Waals surface area contributed by atoms with Gasteiger partial charge in [-0.3, -0.25) is 0 Å². The summed E-state index contributed by atoms with van der Waals surface area (Å²) in [4.78, 5) is 0. The smallest absolute Gasteiger partial charge is 0.850 e. The van der Waals surface area contributed by atoms with Gasteiger partial charge in [0.1, 0.15) is 0 Å². The molecule has 0 amide bonds. The van der Waals surface area contributed by atoms with E-state index < -0.39 is 16.8 Å². The molecular weight excluding hydrogens is 252 g/mol. The molecule has 104 valence electrons. The quantitative estimate of drug-likeness (QED) is 0.489. The molecule has 0 aromatic heterocycles. The van der Waals surface area contributed by atoms with Crippen LogP contribution in [0.25, 0.3) is 0 Å². The largest absolute Gasteiger partial charge is 4.00 e. The summed E-state index contributed by atoms with van der Waals surface area (Å²) in [5, 5.41) is 30.3. The van der Waals surface area contributed by atoms with Gasteiger partial charge in [-0.25, -0.2) is 0 Å². The minimum absolute atomic E-state index is 0. The van der Waals surface area contributed by atoms with Gasteiger partial charge in [-0.1, -0.05) is 62.3 Å². The van der Waals surface area contributed by atoms with E-state index in [4.69, 9.17) is 0 Å². The molecule has 3 nitrogen and oxygen atoms in total. The molecular formula is C13H30O3Ti. The predicted octanol–water partition coefficient (Wildman–Crippen LogP) is 0.883. The molecule has 0 saturated carbocycles. The summed E-state index contributed by atoms with van der Waals surface area (Å²) in [6.07, 6.45) is 0. The van der Waals surface area contributed by atoms with Gasteiger partial charge in [0.25, 0.3) is 0 Å². The Bertz CT molecular complexity index is 91.7. The van der Waals surface area contributed by atoms with Crippen LogP contribution >= 0.6 is 0 Å². The molecule has 0 radical (unpaired) electrons. The Morgan fingerprint density at radius 1 is 0.471 bits per heavy atom. The van der Waals surface area contributed by atoms with Gasteiger partial charge in [0.15, 0.2) is 0 Å². The van der Waals surface area contributed by atoms with E-state index in [1.807, 2.05) is 0 Å². The number of hydrogen-bond donors (Lipinski definition) is 0. The van der Waals surface area contributed by atoms with E-state index in [1.54, 1.807) is 62.3 Å². The second-order valence-corrected chi connectivity index (χ2v) is 6.34. The molecule has 0 saturated heterocycles. The van der Waals surface area contributed by atoms with Crippen LogP contribution in [0.1, 0.15) is 62.3 Å². The Balaban J connectivity index is -0.0000000400. The van der Waals surface area contributed by atoms with Gasteiger partial charge >= 0.3 is 21.7 Å². The normalized spacial score (nSPS) is 10.6. The van der Waals surface area contributed by atoms with E-state index in [2.05, 4.69) is 0 Å². The van der Waals surface area contributed by atoms with Crippen LogP contribution in [-0.4, -0.2) is 16.8 Å². The minimum Gasteiger partial charge on any atom is -0.850 e. The van der Waals surface area contributed by atoms with Crippen molar-refractivity contribution in [2.75, 3.05) is 0 Å². The molecule has 0 spiro atoms. The molecule has 0 N–H and O–H groups in total. The fourth-order valence-corrected chi connectivity index (χ4v) is 0. The van der Waals surface area contributed by atoms with Crippen LogP contribution in [0.4, 0.5) is 0 Å². The Morgan fingerprint density at radius 2 is 0.471 bits per heavy atom. The van der Waals surface area contributed by atoms with Crippen LogP contribution in [0, 0.1) is 7.43 Å². The second kappa shape index (κ2) is 11.7. The monoisotopic (exact) mass is 282 g/mol. The van der Waals surface area contributed by atoms with E-state index in [9.17, 15) is 15.3 Å². The molecule has 0 aliphatic heterocycles.